The highest BCUT2D eigenvalue weighted by molar-refractivity contribution is 6.46. The molecule has 2 N–H and O–H groups in total. The fraction of sp³-hybridized carbons (Fsp3) is 0.360. The molecule has 2 heterocycles. The van der Waals surface area contributed by atoms with Crippen LogP contribution in [0.25, 0.3) is 5.76 Å². The zero-order chi connectivity index (χ0) is 23.5. The molecule has 0 aromatic heterocycles. The van der Waals surface area contributed by atoms with Gasteiger partial charge in [-0.3, -0.25) is 9.59 Å². The number of carbonyl (C=O) groups excluding carboxylic acids is 2. The van der Waals surface area contributed by atoms with E-state index in [1.54, 1.807) is 30.3 Å². The maximum Gasteiger partial charge on any atom is 0.295 e. The quantitative estimate of drug-likeness (QED) is 0.356. The predicted octanol–water partition coefficient (Wildman–Crippen LogP) is 0.312. The van der Waals surface area contributed by atoms with E-state index in [4.69, 9.17) is 9.47 Å². The minimum absolute atomic E-state index is 0.000237. The van der Waals surface area contributed by atoms with Crippen molar-refractivity contribution < 1.29 is 34.2 Å². The van der Waals surface area contributed by atoms with Gasteiger partial charge >= 0.3 is 0 Å². The summed E-state index contributed by atoms with van der Waals surface area (Å²) < 4.78 is 11.1. The lowest BCUT2D eigenvalue weighted by Gasteiger charge is -2.29. The summed E-state index contributed by atoms with van der Waals surface area (Å²) in [6.07, 6.45) is 0. The van der Waals surface area contributed by atoms with Gasteiger partial charge in [-0.25, -0.2) is 0 Å². The molecular weight excluding hydrogens is 424 g/mol. The van der Waals surface area contributed by atoms with Crippen LogP contribution in [0.5, 0.6) is 17.2 Å². The van der Waals surface area contributed by atoms with Crippen molar-refractivity contribution in [3.05, 3.63) is 59.2 Å². The number of hydrogen-bond acceptors (Lipinski definition) is 6. The molecule has 2 aromatic carbocycles. The molecule has 0 saturated carbocycles. The topological polar surface area (TPSA) is 104 Å². The van der Waals surface area contributed by atoms with E-state index in [1.165, 1.54) is 21.9 Å². The number of hydrogen-bond donors (Lipinski definition) is 2. The van der Waals surface area contributed by atoms with Gasteiger partial charge in [-0.2, -0.15) is 0 Å². The highest BCUT2D eigenvalue weighted by Crippen LogP contribution is 2.40. The summed E-state index contributed by atoms with van der Waals surface area (Å²) in [5.74, 6) is -1.07. The fourth-order valence-corrected chi connectivity index (χ4v) is 4.36. The Hall–Kier alpha value is -3.52. The molecule has 2 aliphatic rings. The summed E-state index contributed by atoms with van der Waals surface area (Å²) in [5.41, 5.74) is 0.651. The molecule has 0 spiro atoms. The third-order valence-corrected chi connectivity index (χ3v) is 6.23. The molecule has 2 aliphatic heterocycles. The van der Waals surface area contributed by atoms with Crippen molar-refractivity contribution in [2.24, 2.45) is 0 Å². The van der Waals surface area contributed by atoms with Gasteiger partial charge in [-0.1, -0.05) is 24.0 Å². The molecule has 8 heteroatoms. The first-order valence-corrected chi connectivity index (χ1v) is 11.2. The molecule has 0 bridgehead atoms. The predicted molar refractivity (Wildman–Crippen MR) is 119 cm³/mol. The van der Waals surface area contributed by atoms with Crippen molar-refractivity contribution in [1.29, 1.82) is 0 Å². The smallest absolute Gasteiger partial charge is 0.295 e. The van der Waals surface area contributed by atoms with Gasteiger partial charge < -0.3 is 29.5 Å². The van der Waals surface area contributed by atoms with Gasteiger partial charge in [0.05, 0.1) is 32.2 Å². The number of nitrogens with zero attached hydrogens (tertiary/aromatic N) is 1. The number of nitrogens with one attached hydrogen (secondary N) is 1. The molecule has 1 fully saturated rings. The third-order valence-electron chi connectivity index (χ3n) is 6.23. The van der Waals surface area contributed by atoms with Crippen molar-refractivity contribution >= 4 is 17.4 Å². The van der Waals surface area contributed by atoms with Gasteiger partial charge in [-0.05, 0) is 49.2 Å². The number of quaternary nitrogens is 1. The SMILES string of the molecule is CC[NH+](CC)CCN1C(=O)C(=O)C(=C([O-])c2ccc3c(c2)OCCO3)C1c1cccc(O)c1. The lowest BCUT2D eigenvalue weighted by atomic mass is 9.95. The van der Waals surface area contributed by atoms with Crippen LogP contribution in [-0.4, -0.2) is 61.1 Å². The van der Waals surface area contributed by atoms with E-state index in [9.17, 15) is 19.8 Å². The Morgan fingerprint density at radius 2 is 1.82 bits per heavy atom. The van der Waals surface area contributed by atoms with Crippen molar-refractivity contribution in [1.82, 2.24) is 4.90 Å². The zero-order valence-corrected chi connectivity index (χ0v) is 18.8. The summed E-state index contributed by atoms with van der Waals surface area (Å²) in [4.78, 5) is 28.9. The first-order chi connectivity index (χ1) is 15.9. The number of carbonyl (C=O) groups is 2. The Morgan fingerprint density at radius 1 is 1.09 bits per heavy atom. The minimum atomic E-state index is -0.868. The standard InChI is InChI=1S/C25H28N2O6/c1-3-26(4-2)10-11-27-22(16-6-5-7-18(28)14-16)21(24(30)25(27)31)23(29)17-8-9-19-20(15-17)33-13-12-32-19/h5-9,14-15,22,28-29H,3-4,10-13H2,1-2H3. The minimum Gasteiger partial charge on any atom is -0.872 e. The van der Waals surface area contributed by atoms with Gasteiger partial charge in [0, 0.05) is 5.57 Å². The normalized spacial score (nSPS) is 19.4. The number of ether oxygens (including phenoxy) is 2. The average molecular weight is 453 g/mol. The number of fused-ring (bicyclic) bond motifs is 1. The summed E-state index contributed by atoms with van der Waals surface area (Å²) in [5, 5.41) is 23.6. The number of amides is 1. The number of rotatable bonds is 7. The van der Waals surface area contributed by atoms with Gasteiger partial charge in [0.25, 0.3) is 5.91 Å². The number of benzene rings is 2. The second-order valence-electron chi connectivity index (χ2n) is 8.13. The number of ketones is 1. The highest BCUT2D eigenvalue weighted by atomic mass is 16.6. The Morgan fingerprint density at radius 3 is 2.52 bits per heavy atom. The molecular formula is C25H28N2O6. The van der Waals surface area contributed by atoms with Crippen molar-refractivity contribution in [3.63, 3.8) is 0 Å². The maximum absolute atomic E-state index is 13.6. The van der Waals surface area contributed by atoms with Crippen LogP contribution in [-0.2, 0) is 9.59 Å². The maximum atomic E-state index is 13.6. The molecule has 1 amide bonds. The second kappa shape index (κ2) is 9.54. The van der Waals surface area contributed by atoms with Gasteiger partial charge in [0.1, 0.15) is 19.0 Å². The third kappa shape index (κ3) is 4.39. The first-order valence-electron chi connectivity index (χ1n) is 11.2. The van der Waals surface area contributed by atoms with E-state index < -0.39 is 23.5 Å². The van der Waals surface area contributed by atoms with E-state index in [1.807, 2.05) is 0 Å². The molecule has 1 unspecified atom stereocenters. The first kappa shape index (κ1) is 22.7. The van der Waals surface area contributed by atoms with E-state index in [-0.39, 0.29) is 16.9 Å². The molecule has 1 saturated heterocycles. The largest absolute Gasteiger partial charge is 0.872 e. The Balaban J connectivity index is 1.79. The van der Waals surface area contributed by atoms with Crippen LogP contribution in [0, 0.1) is 0 Å². The Kier molecular flexibility index (Phi) is 6.55. The van der Waals surface area contributed by atoms with Crippen molar-refractivity contribution in [3.8, 4) is 17.2 Å². The van der Waals surface area contributed by atoms with E-state index in [0.29, 0.717) is 43.4 Å². The van der Waals surface area contributed by atoms with Crippen LogP contribution >= 0.6 is 0 Å². The van der Waals surface area contributed by atoms with Crippen molar-refractivity contribution in [2.45, 2.75) is 19.9 Å². The number of phenolic OH excluding ortho intramolecular Hbond substituents is 1. The number of likely N-dealkylation sites (N-methyl/N-ethyl adjacent to an activating group) is 1. The van der Waals surface area contributed by atoms with Crippen LogP contribution in [0.15, 0.2) is 48.0 Å². The molecule has 8 nitrogen and oxygen atoms in total. The molecule has 2 aromatic rings. The molecule has 0 aliphatic carbocycles. The fourth-order valence-electron chi connectivity index (χ4n) is 4.36. The van der Waals surface area contributed by atoms with Gasteiger partial charge in [-0.15, -0.1) is 0 Å². The number of likely N-dealkylation sites (tertiary alicyclic amines) is 1. The van der Waals surface area contributed by atoms with Crippen LogP contribution in [0.1, 0.15) is 31.0 Å². The second-order valence-corrected chi connectivity index (χ2v) is 8.13. The van der Waals surface area contributed by atoms with Crippen LogP contribution < -0.4 is 19.5 Å². The summed E-state index contributed by atoms with van der Waals surface area (Å²) in [6.45, 7) is 7.65. The lowest BCUT2D eigenvalue weighted by Crippen LogP contribution is -3.12. The Bertz CT molecular complexity index is 1090. The molecule has 0 radical (unpaired) electrons. The Labute approximate surface area is 192 Å². The van der Waals surface area contributed by atoms with E-state index >= 15 is 0 Å². The molecule has 1 atom stereocenters. The zero-order valence-electron chi connectivity index (χ0n) is 18.8. The van der Waals surface area contributed by atoms with E-state index in [2.05, 4.69) is 13.8 Å². The summed E-state index contributed by atoms with van der Waals surface area (Å²) in [6, 6.07) is 10.2. The van der Waals surface area contributed by atoms with Crippen molar-refractivity contribution in [2.75, 3.05) is 39.4 Å². The molecule has 4 rings (SSSR count). The number of Topliss-reactive ketones (excluding diaryl/α,β-unsaturated/α-hetero) is 1. The lowest BCUT2D eigenvalue weighted by molar-refractivity contribution is -0.895. The number of phenols is 1. The monoisotopic (exact) mass is 452 g/mol. The van der Waals surface area contributed by atoms with Gasteiger partial charge in [0.2, 0.25) is 5.78 Å². The van der Waals surface area contributed by atoms with Crippen LogP contribution in [0.3, 0.4) is 0 Å². The van der Waals surface area contributed by atoms with E-state index in [0.717, 1.165) is 13.1 Å². The summed E-state index contributed by atoms with van der Waals surface area (Å²) >= 11 is 0. The molecule has 33 heavy (non-hydrogen) atoms. The highest BCUT2D eigenvalue weighted by Gasteiger charge is 2.44. The summed E-state index contributed by atoms with van der Waals surface area (Å²) in [7, 11) is 0. The van der Waals surface area contributed by atoms with Crippen LogP contribution in [0.4, 0.5) is 0 Å². The molecule has 174 valence electrons. The average Bonchev–Trinajstić information content (AvgIpc) is 3.09. The van der Waals surface area contributed by atoms with Crippen LogP contribution in [0.2, 0.25) is 0 Å². The number of aromatic hydroxyl groups is 1. The van der Waals surface area contributed by atoms with Gasteiger partial charge in [0.15, 0.2) is 11.5 Å².